The Morgan fingerprint density at radius 3 is 2.78 bits per heavy atom. The summed E-state index contributed by atoms with van der Waals surface area (Å²) >= 11 is 0. The van der Waals surface area contributed by atoms with Crippen LogP contribution in [0.2, 0.25) is 0 Å². The number of rotatable bonds is 7. The van der Waals surface area contributed by atoms with Crippen LogP contribution in [0.3, 0.4) is 0 Å². The molecule has 2 aromatic rings. The summed E-state index contributed by atoms with van der Waals surface area (Å²) in [6.45, 7) is 0. The number of nitrogens with zero attached hydrogens (tertiary/aromatic N) is 1. The number of carbonyl (C=O) groups excluding carboxylic acids is 1. The van der Waals surface area contributed by atoms with Crippen LogP contribution < -0.4 is 10.2 Å². The van der Waals surface area contributed by atoms with Gasteiger partial charge in [0.2, 0.25) is 5.91 Å². The van der Waals surface area contributed by atoms with E-state index >= 15 is 0 Å². The van der Waals surface area contributed by atoms with Crippen molar-refractivity contribution in [2.75, 3.05) is 7.11 Å². The van der Waals surface area contributed by atoms with E-state index in [-0.39, 0.29) is 11.7 Å². The van der Waals surface area contributed by atoms with Crippen LogP contribution >= 0.6 is 0 Å². The minimum atomic E-state index is -0.122. The zero-order chi connectivity index (χ0) is 16.5. The molecule has 2 N–H and O–H groups in total. The molecule has 0 spiro atoms. The molecule has 0 aliphatic rings. The Hall–Kier alpha value is -2.82. The average molecular weight is 312 g/mol. The molecule has 0 aliphatic heterocycles. The van der Waals surface area contributed by atoms with E-state index in [2.05, 4.69) is 10.5 Å². The van der Waals surface area contributed by atoms with Crippen molar-refractivity contribution >= 4 is 12.1 Å². The molecular weight excluding hydrogens is 292 g/mol. The first-order chi connectivity index (χ1) is 11.2. The largest absolute Gasteiger partial charge is 0.508 e. The fourth-order valence-electron chi connectivity index (χ4n) is 2.07. The highest BCUT2D eigenvalue weighted by molar-refractivity contribution is 5.82. The van der Waals surface area contributed by atoms with Crippen molar-refractivity contribution in [3.63, 3.8) is 0 Å². The van der Waals surface area contributed by atoms with Gasteiger partial charge in [-0.2, -0.15) is 5.10 Å². The lowest BCUT2D eigenvalue weighted by atomic mass is 10.1. The fourth-order valence-corrected chi connectivity index (χ4v) is 2.07. The molecule has 5 heteroatoms. The first kappa shape index (κ1) is 16.5. The van der Waals surface area contributed by atoms with Gasteiger partial charge < -0.3 is 9.84 Å². The SMILES string of the molecule is COc1cccc(C=NNC(=O)CCCc2ccc(O)cc2)c1. The summed E-state index contributed by atoms with van der Waals surface area (Å²) in [5, 5.41) is 13.1. The van der Waals surface area contributed by atoms with Crippen molar-refractivity contribution in [1.29, 1.82) is 0 Å². The number of ether oxygens (including phenoxy) is 1. The second kappa shape index (κ2) is 8.58. The number of methoxy groups -OCH3 is 1. The summed E-state index contributed by atoms with van der Waals surface area (Å²) in [5.41, 5.74) is 4.46. The predicted molar refractivity (Wildman–Crippen MR) is 89.8 cm³/mol. The third kappa shape index (κ3) is 5.82. The van der Waals surface area contributed by atoms with Gasteiger partial charge in [-0.1, -0.05) is 24.3 Å². The van der Waals surface area contributed by atoms with E-state index in [4.69, 9.17) is 4.74 Å². The lowest BCUT2D eigenvalue weighted by Crippen LogP contribution is -2.17. The zero-order valence-electron chi connectivity index (χ0n) is 13.0. The first-order valence-corrected chi connectivity index (χ1v) is 7.41. The number of phenolic OH excluding ortho intramolecular Hbond substituents is 1. The number of aryl methyl sites for hydroxylation is 1. The third-order valence-electron chi connectivity index (χ3n) is 3.30. The highest BCUT2D eigenvalue weighted by Gasteiger charge is 2.00. The monoisotopic (exact) mass is 312 g/mol. The van der Waals surface area contributed by atoms with E-state index < -0.39 is 0 Å². The molecule has 1 amide bonds. The second-order valence-corrected chi connectivity index (χ2v) is 5.09. The number of hydrogen-bond acceptors (Lipinski definition) is 4. The molecule has 0 fully saturated rings. The van der Waals surface area contributed by atoms with Crippen LogP contribution in [0.25, 0.3) is 0 Å². The molecule has 0 aliphatic carbocycles. The Labute approximate surface area is 135 Å². The standard InChI is InChI=1S/C18H20N2O3/c1-23-17-6-2-5-15(12-17)13-19-20-18(22)7-3-4-14-8-10-16(21)11-9-14/h2,5-6,8-13,21H,3-4,7H2,1H3,(H,20,22). The normalized spacial score (nSPS) is 10.7. The highest BCUT2D eigenvalue weighted by Crippen LogP contribution is 2.12. The number of hydrazone groups is 1. The summed E-state index contributed by atoms with van der Waals surface area (Å²) in [7, 11) is 1.60. The summed E-state index contributed by atoms with van der Waals surface area (Å²) in [6.07, 6.45) is 3.50. The first-order valence-electron chi connectivity index (χ1n) is 7.41. The van der Waals surface area contributed by atoms with Crippen molar-refractivity contribution < 1.29 is 14.6 Å². The number of hydrogen-bond donors (Lipinski definition) is 2. The zero-order valence-corrected chi connectivity index (χ0v) is 13.0. The van der Waals surface area contributed by atoms with Crippen LogP contribution in [0.15, 0.2) is 53.6 Å². The Morgan fingerprint density at radius 1 is 1.26 bits per heavy atom. The van der Waals surface area contributed by atoms with Gasteiger partial charge in [-0.3, -0.25) is 4.79 Å². The minimum absolute atomic E-state index is 0.122. The summed E-state index contributed by atoms with van der Waals surface area (Å²) < 4.78 is 5.12. The second-order valence-electron chi connectivity index (χ2n) is 5.09. The van der Waals surface area contributed by atoms with E-state index in [9.17, 15) is 9.90 Å². The van der Waals surface area contributed by atoms with E-state index in [1.165, 1.54) is 0 Å². The maximum atomic E-state index is 11.7. The molecular formula is C18H20N2O3. The van der Waals surface area contributed by atoms with Gasteiger partial charge in [0.15, 0.2) is 0 Å². The Morgan fingerprint density at radius 2 is 2.04 bits per heavy atom. The molecule has 5 nitrogen and oxygen atoms in total. The molecule has 23 heavy (non-hydrogen) atoms. The van der Waals surface area contributed by atoms with Crippen LogP contribution in [0.4, 0.5) is 0 Å². The van der Waals surface area contributed by atoms with Crippen molar-refractivity contribution in [2.24, 2.45) is 5.10 Å². The van der Waals surface area contributed by atoms with Gasteiger partial charge in [0.25, 0.3) is 0 Å². The van der Waals surface area contributed by atoms with Crippen LogP contribution in [0.1, 0.15) is 24.0 Å². The molecule has 2 rings (SSSR count). The van der Waals surface area contributed by atoms with Crippen LogP contribution in [-0.4, -0.2) is 24.3 Å². The number of amides is 1. The molecule has 0 unspecified atom stereocenters. The van der Waals surface area contributed by atoms with Crippen molar-refractivity contribution in [3.05, 3.63) is 59.7 Å². The summed E-state index contributed by atoms with van der Waals surface area (Å²) in [5.74, 6) is 0.871. The van der Waals surface area contributed by atoms with Crippen molar-refractivity contribution in [2.45, 2.75) is 19.3 Å². The Kier molecular flexibility index (Phi) is 6.17. The third-order valence-corrected chi connectivity index (χ3v) is 3.30. The van der Waals surface area contributed by atoms with Gasteiger partial charge in [-0.05, 0) is 48.2 Å². The number of aromatic hydroxyl groups is 1. The van der Waals surface area contributed by atoms with E-state index in [1.807, 2.05) is 36.4 Å². The fraction of sp³-hybridized carbons (Fsp3) is 0.222. The number of phenols is 1. The van der Waals surface area contributed by atoms with E-state index in [0.717, 1.165) is 29.7 Å². The van der Waals surface area contributed by atoms with Gasteiger partial charge in [0.1, 0.15) is 11.5 Å². The van der Waals surface area contributed by atoms with E-state index in [1.54, 1.807) is 25.5 Å². The van der Waals surface area contributed by atoms with Crippen LogP contribution in [0.5, 0.6) is 11.5 Å². The minimum Gasteiger partial charge on any atom is -0.508 e. The number of nitrogens with one attached hydrogen (secondary N) is 1. The van der Waals surface area contributed by atoms with Gasteiger partial charge in [0, 0.05) is 6.42 Å². The van der Waals surface area contributed by atoms with Crippen molar-refractivity contribution in [3.8, 4) is 11.5 Å². The lowest BCUT2D eigenvalue weighted by Gasteiger charge is -2.02. The Balaban J connectivity index is 1.72. The summed E-state index contributed by atoms with van der Waals surface area (Å²) in [6, 6.07) is 14.4. The average Bonchev–Trinajstić information content (AvgIpc) is 2.57. The van der Waals surface area contributed by atoms with Gasteiger partial charge >= 0.3 is 0 Å². The maximum absolute atomic E-state index is 11.7. The molecule has 0 saturated heterocycles. The van der Waals surface area contributed by atoms with Crippen LogP contribution in [0, 0.1) is 0 Å². The Bertz CT molecular complexity index is 666. The smallest absolute Gasteiger partial charge is 0.240 e. The lowest BCUT2D eigenvalue weighted by molar-refractivity contribution is -0.121. The molecule has 0 radical (unpaired) electrons. The molecule has 0 aromatic heterocycles. The quantitative estimate of drug-likeness (QED) is 0.610. The predicted octanol–water partition coefficient (Wildman–Crippen LogP) is 2.87. The molecule has 0 heterocycles. The molecule has 120 valence electrons. The van der Waals surface area contributed by atoms with E-state index in [0.29, 0.717) is 6.42 Å². The van der Waals surface area contributed by atoms with Crippen LogP contribution in [-0.2, 0) is 11.2 Å². The van der Waals surface area contributed by atoms with Gasteiger partial charge in [-0.25, -0.2) is 5.43 Å². The van der Waals surface area contributed by atoms with Gasteiger partial charge in [-0.15, -0.1) is 0 Å². The molecule has 0 atom stereocenters. The number of benzene rings is 2. The molecule has 2 aromatic carbocycles. The topological polar surface area (TPSA) is 70.9 Å². The van der Waals surface area contributed by atoms with Crippen molar-refractivity contribution in [1.82, 2.24) is 5.43 Å². The molecule has 0 bridgehead atoms. The number of carbonyl (C=O) groups is 1. The van der Waals surface area contributed by atoms with Gasteiger partial charge in [0.05, 0.1) is 13.3 Å². The maximum Gasteiger partial charge on any atom is 0.240 e. The highest BCUT2D eigenvalue weighted by atomic mass is 16.5. The summed E-state index contributed by atoms with van der Waals surface area (Å²) in [4.78, 5) is 11.7. The molecule has 0 saturated carbocycles.